The van der Waals surface area contributed by atoms with Crippen LogP contribution in [0.3, 0.4) is 0 Å². The maximum atomic E-state index is 12.6. The Hall–Kier alpha value is -2.87. The van der Waals surface area contributed by atoms with E-state index >= 15 is 0 Å². The normalized spacial score (nSPS) is 12.1. The number of nitrogens with one attached hydrogen (secondary N) is 2. The largest absolute Gasteiger partial charge is 0.464 e. The van der Waals surface area contributed by atoms with Crippen LogP contribution in [0.1, 0.15) is 22.8 Å². The van der Waals surface area contributed by atoms with Crippen molar-refractivity contribution in [2.75, 3.05) is 17.6 Å². The van der Waals surface area contributed by atoms with Gasteiger partial charge in [-0.25, -0.2) is 13.2 Å². The number of hydrogen-bond acceptors (Lipinski definition) is 5. The molecule has 0 fully saturated rings. The van der Waals surface area contributed by atoms with E-state index < -0.39 is 27.9 Å². The molecule has 27 heavy (non-hydrogen) atoms. The number of ether oxygens (including phenoxy) is 1. The fourth-order valence-electron chi connectivity index (χ4n) is 2.47. The van der Waals surface area contributed by atoms with E-state index in [0.29, 0.717) is 0 Å². The first-order valence-electron chi connectivity index (χ1n) is 8.38. The molecule has 2 N–H and O–H groups in total. The molecule has 7 nitrogen and oxygen atoms in total. The molecule has 2 aromatic carbocycles. The van der Waals surface area contributed by atoms with Gasteiger partial charge in [0.1, 0.15) is 6.04 Å². The smallest absolute Gasteiger partial charge is 0.328 e. The summed E-state index contributed by atoms with van der Waals surface area (Å²) in [6.45, 7) is 1.90. The maximum absolute atomic E-state index is 12.6. The number of esters is 1. The zero-order valence-corrected chi connectivity index (χ0v) is 16.0. The van der Waals surface area contributed by atoms with Crippen LogP contribution in [0, 0.1) is 0 Å². The molecule has 0 bridgehead atoms. The van der Waals surface area contributed by atoms with Gasteiger partial charge in [0.25, 0.3) is 5.91 Å². The lowest BCUT2D eigenvalue weighted by Gasteiger charge is -2.18. The number of sulfonamides is 1. The molecule has 2 rings (SSSR count). The van der Waals surface area contributed by atoms with E-state index in [1.54, 1.807) is 13.0 Å². The summed E-state index contributed by atoms with van der Waals surface area (Å²) in [5.74, 6) is -1.03. The molecule has 0 saturated heterocycles. The van der Waals surface area contributed by atoms with Crippen molar-refractivity contribution in [2.24, 2.45) is 0 Å². The molecular weight excluding hydrogens is 368 g/mol. The third kappa shape index (κ3) is 6.74. The van der Waals surface area contributed by atoms with E-state index in [0.717, 1.165) is 11.8 Å². The third-order valence-electron chi connectivity index (χ3n) is 3.59. The van der Waals surface area contributed by atoms with Gasteiger partial charge in [0.15, 0.2) is 0 Å². The molecule has 0 aromatic heterocycles. The van der Waals surface area contributed by atoms with Gasteiger partial charge in [-0.1, -0.05) is 36.4 Å². The molecule has 1 atom stereocenters. The van der Waals surface area contributed by atoms with E-state index in [1.165, 1.54) is 18.2 Å². The topological polar surface area (TPSA) is 102 Å². The predicted octanol–water partition coefficient (Wildman–Crippen LogP) is 1.96. The van der Waals surface area contributed by atoms with Crippen molar-refractivity contribution in [2.45, 2.75) is 19.4 Å². The summed E-state index contributed by atoms with van der Waals surface area (Å²) in [6.07, 6.45) is 1.31. The van der Waals surface area contributed by atoms with Gasteiger partial charge in [0, 0.05) is 17.7 Å². The Balaban J connectivity index is 2.17. The Morgan fingerprint density at radius 1 is 1.07 bits per heavy atom. The molecule has 0 aliphatic rings. The van der Waals surface area contributed by atoms with Crippen molar-refractivity contribution in [1.29, 1.82) is 0 Å². The summed E-state index contributed by atoms with van der Waals surface area (Å²) >= 11 is 0. The minimum atomic E-state index is -3.46. The van der Waals surface area contributed by atoms with Gasteiger partial charge in [0.2, 0.25) is 10.0 Å². The second kappa shape index (κ2) is 9.18. The van der Waals surface area contributed by atoms with Crippen LogP contribution in [0.5, 0.6) is 0 Å². The lowest BCUT2D eigenvalue weighted by atomic mass is 10.1. The molecule has 8 heteroatoms. The first-order valence-corrected chi connectivity index (χ1v) is 10.3. The fraction of sp³-hybridized carbons (Fsp3) is 0.263. The number of carbonyl (C=O) groups excluding carboxylic acids is 2. The zero-order chi connectivity index (χ0) is 19.9. The lowest BCUT2D eigenvalue weighted by Crippen LogP contribution is -2.43. The van der Waals surface area contributed by atoms with Gasteiger partial charge in [-0.05, 0) is 30.7 Å². The number of amides is 1. The molecule has 2 aromatic rings. The highest BCUT2D eigenvalue weighted by Crippen LogP contribution is 2.13. The number of anilines is 1. The molecule has 144 valence electrons. The van der Waals surface area contributed by atoms with E-state index in [1.807, 2.05) is 30.3 Å². The van der Waals surface area contributed by atoms with Gasteiger partial charge >= 0.3 is 5.97 Å². The molecule has 1 unspecified atom stereocenters. The molecule has 0 heterocycles. The highest BCUT2D eigenvalue weighted by molar-refractivity contribution is 7.92. The fourth-order valence-corrected chi connectivity index (χ4v) is 3.02. The van der Waals surface area contributed by atoms with E-state index in [4.69, 9.17) is 4.74 Å². The minimum absolute atomic E-state index is 0.202. The molecule has 1 amide bonds. The van der Waals surface area contributed by atoms with Gasteiger partial charge in [-0.15, -0.1) is 0 Å². The summed E-state index contributed by atoms with van der Waals surface area (Å²) < 4.78 is 30.1. The first kappa shape index (κ1) is 20.4. The summed E-state index contributed by atoms with van der Waals surface area (Å²) in [4.78, 5) is 24.8. The summed E-state index contributed by atoms with van der Waals surface area (Å²) in [6, 6.07) is 14.4. The number of hydrogen-bond donors (Lipinski definition) is 2. The second-order valence-electron chi connectivity index (χ2n) is 5.92. The molecular formula is C19H22N2O5S. The number of rotatable bonds is 8. The first-order chi connectivity index (χ1) is 12.8. The van der Waals surface area contributed by atoms with Gasteiger partial charge in [-0.2, -0.15) is 0 Å². The van der Waals surface area contributed by atoms with Gasteiger partial charge in [-0.3, -0.25) is 9.52 Å². The van der Waals surface area contributed by atoms with Crippen LogP contribution in [0.2, 0.25) is 0 Å². The summed E-state index contributed by atoms with van der Waals surface area (Å²) in [5, 5.41) is 2.67. The lowest BCUT2D eigenvalue weighted by molar-refractivity contribution is -0.145. The highest BCUT2D eigenvalue weighted by Gasteiger charge is 2.23. The molecule has 0 saturated carbocycles. The molecule has 0 aliphatic carbocycles. The monoisotopic (exact) mass is 390 g/mol. The van der Waals surface area contributed by atoms with Crippen LogP contribution in [-0.2, 0) is 26.0 Å². The molecule has 0 spiro atoms. The average Bonchev–Trinajstić information content (AvgIpc) is 2.61. The van der Waals surface area contributed by atoms with Crippen molar-refractivity contribution in [1.82, 2.24) is 5.32 Å². The third-order valence-corrected chi connectivity index (χ3v) is 4.19. The van der Waals surface area contributed by atoms with Crippen LogP contribution in [0.25, 0.3) is 0 Å². The van der Waals surface area contributed by atoms with Gasteiger partial charge < -0.3 is 10.1 Å². The van der Waals surface area contributed by atoms with Crippen LogP contribution in [0.4, 0.5) is 5.69 Å². The van der Waals surface area contributed by atoms with Gasteiger partial charge in [0.05, 0.1) is 12.9 Å². The summed E-state index contributed by atoms with van der Waals surface area (Å²) in [5.41, 5.74) is 1.37. The number of carbonyl (C=O) groups is 2. The van der Waals surface area contributed by atoms with Crippen LogP contribution in [-0.4, -0.2) is 39.2 Å². The number of benzene rings is 2. The quantitative estimate of drug-likeness (QED) is 0.671. The molecule has 0 radical (unpaired) electrons. The zero-order valence-electron chi connectivity index (χ0n) is 15.1. The van der Waals surface area contributed by atoms with E-state index in [-0.39, 0.29) is 24.3 Å². The average molecular weight is 390 g/mol. The molecule has 0 aliphatic heterocycles. The van der Waals surface area contributed by atoms with E-state index in [2.05, 4.69) is 10.0 Å². The predicted molar refractivity (Wildman–Crippen MR) is 103 cm³/mol. The van der Waals surface area contributed by atoms with Crippen molar-refractivity contribution >= 4 is 27.6 Å². The maximum Gasteiger partial charge on any atom is 0.328 e. The highest BCUT2D eigenvalue weighted by atomic mass is 32.2. The Kier molecular flexibility index (Phi) is 6.95. The SMILES string of the molecule is CCOC(=O)C(Cc1ccccc1)NC(=O)c1cccc(NS(C)(=O)=O)c1. The Morgan fingerprint density at radius 2 is 1.78 bits per heavy atom. The summed E-state index contributed by atoms with van der Waals surface area (Å²) in [7, 11) is -3.46. The Morgan fingerprint density at radius 3 is 2.41 bits per heavy atom. The van der Waals surface area contributed by atoms with Crippen molar-refractivity contribution < 1.29 is 22.7 Å². The van der Waals surface area contributed by atoms with Crippen LogP contribution in [0.15, 0.2) is 54.6 Å². The van der Waals surface area contributed by atoms with Crippen molar-refractivity contribution in [3.63, 3.8) is 0 Å². The second-order valence-corrected chi connectivity index (χ2v) is 7.67. The van der Waals surface area contributed by atoms with Crippen molar-refractivity contribution in [3.05, 3.63) is 65.7 Å². The standard InChI is InChI=1S/C19H22N2O5S/c1-3-26-19(23)17(12-14-8-5-4-6-9-14)20-18(22)15-10-7-11-16(13-15)21-27(2,24)25/h4-11,13,17,21H,3,12H2,1-2H3,(H,20,22). The minimum Gasteiger partial charge on any atom is -0.464 e. The van der Waals surface area contributed by atoms with Crippen LogP contribution < -0.4 is 10.0 Å². The Labute approximate surface area is 158 Å². The van der Waals surface area contributed by atoms with E-state index in [9.17, 15) is 18.0 Å². The van der Waals surface area contributed by atoms with Crippen LogP contribution >= 0.6 is 0 Å². The van der Waals surface area contributed by atoms with Crippen molar-refractivity contribution in [3.8, 4) is 0 Å². The Bertz CT molecular complexity index is 897.